The lowest BCUT2D eigenvalue weighted by atomic mass is 9.98. The number of carboxylic acids is 1. The van der Waals surface area contributed by atoms with Crippen molar-refractivity contribution in [3.05, 3.63) is 201 Å². The Hall–Kier alpha value is -12.4. The average molecular weight is 1750 g/mol. The summed E-state index contributed by atoms with van der Waals surface area (Å²) in [5, 5.41) is 21.9. The lowest BCUT2D eigenvalue weighted by molar-refractivity contribution is -0.157. The molecule has 0 bridgehead atoms. The van der Waals surface area contributed by atoms with Crippen LogP contribution in [0, 0.1) is 41.5 Å². The summed E-state index contributed by atoms with van der Waals surface area (Å²) < 4.78 is 31.1. The molecule has 0 radical (unpaired) electrons. The number of benzene rings is 7. The Morgan fingerprint density at radius 1 is 0.394 bits per heavy atom. The van der Waals surface area contributed by atoms with Gasteiger partial charge in [-0.15, -0.1) is 0 Å². The molecule has 0 saturated carbocycles. The first kappa shape index (κ1) is 100. The second-order valence-electron chi connectivity index (χ2n) is 35.6. The van der Waals surface area contributed by atoms with Crippen molar-refractivity contribution in [2.45, 2.75) is 271 Å². The van der Waals surface area contributed by atoms with Gasteiger partial charge in [0, 0.05) is 23.2 Å². The second-order valence-corrected chi connectivity index (χ2v) is 35.6. The maximum atomic E-state index is 14.1. The van der Waals surface area contributed by atoms with E-state index in [9.17, 15) is 77.0 Å². The van der Waals surface area contributed by atoms with E-state index < -0.39 is 150 Å². The van der Waals surface area contributed by atoms with Gasteiger partial charge in [0.15, 0.2) is 37.2 Å². The number of nitrogens with two attached hydrogens (primary N) is 2. The first-order valence-electron chi connectivity index (χ1n) is 43.0. The summed E-state index contributed by atoms with van der Waals surface area (Å²) in [6, 6.07) is 35.5. The van der Waals surface area contributed by atoms with Gasteiger partial charge in [0.2, 0.25) is 17.7 Å². The van der Waals surface area contributed by atoms with Gasteiger partial charge < -0.3 is 70.7 Å². The van der Waals surface area contributed by atoms with E-state index in [1.807, 2.05) is 84.9 Å². The van der Waals surface area contributed by atoms with Gasteiger partial charge in [0.1, 0.15) is 47.0 Å². The van der Waals surface area contributed by atoms with E-state index >= 15 is 0 Å². The molecule has 4 aliphatic rings. The fraction of sp³-hybridized carbons (Fsp3) is 0.459. The topological polar surface area (TPSA) is 426 Å². The zero-order chi connectivity index (χ0) is 93.5. The number of carbonyl (C=O) groups is 15. The van der Waals surface area contributed by atoms with Crippen molar-refractivity contribution in [2.75, 3.05) is 19.8 Å². The lowest BCUT2D eigenvalue weighted by Crippen LogP contribution is -2.58. The van der Waals surface area contributed by atoms with Crippen molar-refractivity contribution in [1.29, 1.82) is 0 Å². The minimum absolute atomic E-state index is 0.0334. The van der Waals surface area contributed by atoms with Crippen molar-refractivity contribution < 1.29 is 105 Å². The predicted molar refractivity (Wildman–Crippen MR) is 475 cm³/mol. The summed E-state index contributed by atoms with van der Waals surface area (Å²) in [7, 11) is 0. The number of rotatable bonds is 25. The zero-order valence-electron chi connectivity index (χ0n) is 75.3. The predicted octanol–water partition coefficient (Wildman–Crippen LogP) is 12.3. The van der Waals surface area contributed by atoms with Gasteiger partial charge in [-0.1, -0.05) is 141 Å². The van der Waals surface area contributed by atoms with Gasteiger partial charge in [0.05, 0.1) is 48.0 Å². The van der Waals surface area contributed by atoms with E-state index in [2.05, 4.69) is 16.0 Å². The molecule has 9 atom stereocenters. The molecule has 29 heteroatoms. The molecule has 8 N–H and O–H groups in total. The lowest BCUT2D eigenvalue weighted by Gasteiger charge is -2.35. The maximum absolute atomic E-state index is 14.1. The third kappa shape index (κ3) is 29.4. The van der Waals surface area contributed by atoms with Crippen molar-refractivity contribution >= 4 is 110 Å². The maximum Gasteiger partial charge on any atom is 0.339 e. The van der Waals surface area contributed by atoms with Crippen LogP contribution in [-0.2, 0) is 76.4 Å². The van der Waals surface area contributed by atoms with Crippen molar-refractivity contribution in [2.24, 2.45) is 11.5 Å². The number of ether oxygens (including phenoxy) is 6. The zero-order valence-corrected chi connectivity index (χ0v) is 75.3. The fourth-order valence-corrected chi connectivity index (χ4v) is 15.7. The van der Waals surface area contributed by atoms with Crippen LogP contribution in [0.1, 0.15) is 244 Å². The first-order valence-corrected chi connectivity index (χ1v) is 43.0. The van der Waals surface area contributed by atoms with Crippen LogP contribution >= 0.6 is 0 Å². The summed E-state index contributed by atoms with van der Waals surface area (Å²) in [5.74, 6) is -8.31. The molecular formula is C98H121N7O22. The minimum Gasteiger partial charge on any atom is -0.480 e. The van der Waals surface area contributed by atoms with Gasteiger partial charge in [0.25, 0.3) is 11.8 Å². The number of nitrogens with one attached hydrogen (secondary N) is 3. The van der Waals surface area contributed by atoms with Crippen LogP contribution in [0.25, 0.3) is 21.5 Å². The molecule has 11 rings (SSSR count). The van der Waals surface area contributed by atoms with E-state index in [0.717, 1.165) is 75.9 Å². The monoisotopic (exact) mass is 1750 g/mol. The molecule has 0 aromatic heterocycles. The van der Waals surface area contributed by atoms with Crippen LogP contribution < -0.4 is 27.4 Å². The Labute approximate surface area is 741 Å². The Morgan fingerprint density at radius 3 is 1.06 bits per heavy atom. The Morgan fingerprint density at radius 2 is 0.709 bits per heavy atom. The van der Waals surface area contributed by atoms with E-state index in [-0.39, 0.29) is 48.6 Å². The molecule has 0 spiro atoms. The highest BCUT2D eigenvalue weighted by atomic mass is 16.6. The highest BCUT2D eigenvalue weighted by molar-refractivity contribution is 6.04. The fourth-order valence-electron chi connectivity index (χ4n) is 15.7. The summed E-state index contributed by atoms with van der Waals surface area (Å²) in [4.78, 5) is 193. The van der Waals surface area contributed by atoms with Crippen molar-refractivity contribution in [3.8, 4) is 0 Å². The summed E-state index contributed by atoms with van der Waals surface area (Å²) in [6.45, 7) is 24.5. The van der Waals surface area contributed by atoms with Crippen molar-refractivity contribution in [1.82, 2.24) is 25.8 Å². The third-order valence-electron chi connectivity index (χ3n) is 21.9. The molecule has 29 nitrogen and oxygen atoms in total. The van der Waals surface area contributed by atoms with E-state index in [4.69, 9.17) is 39.9 Å². The molecule has 4 heterocycles. The van der Waals surface area contributed by atoms with Crippen LogP contribution in [0.3, 0.4) is 0 Å². The number of nitrogens with zero attached hydrogens (tertiary/aromatic N) is 2. The van der Waals surface area contributed by atoms with Crippen LogP contribution in [0.15, 0.2) is 140 Å². The summed E-state index contributed by atoms with van der Waals surface area (Å²) in [5.41, 5.74) is 15.8. The number of hydrogen-bond acceptors (Lipinski definition) is 23. The van der Waals surface area contributed by atoms with Gasteiger partial charge >= 0.3 is 41.8 Å². The van der Waals surface area contributed by atoms with Crippen LogP contribution in [0.2, 0.25) is 0 Å². The number of aryl methyl sites for hydroxylation is 6. The summed E-state index contributed by atoms with van der Waals surface area (Å²) >= 11 is 0. The highest BCUT2D eigenvalue weighted by Gasteiger charge is 2.47. The number of amides is 5. The molecule has 4 aliphatic heterocycles. The van der Waals surface area contributed by atoms with Gasteiger partial charge in [-0.2, -0.15) is 0 Å². The SMILES string of the molecule is Cc1cccc(C)c1C(=O)OCC(=O)[C@@H](N)CC(=O)OC(C)(C)C.Cc1cccc(C)c1C(=O)OCC(=O)[C@@H](N)CC(=O)OC(C)(C)C.Cc1cccc(C)c1C(=O)OCC(=O)[C@H](CC(=O)OC(C)(C)C)NC(=O)[C@@H]1CC[C@@H]2CCCC[C@H](NC(=O)c3ccc4ccccc4c3)C(=O)N21.O=C(N[C@H]1CCCC[C@H]2CC[C@@H](C(=O)O)N2C1=O)c1ccc2ccccc2c1. The molecule has 680 valence electrons. The molecule has 0 unspecified atom stereocenters. The van der Waals surface area contributed by atoms with E-state index in [0.29, 0.717) is 83.9 Å². The van der Waals surface area contributed by atoms with Gasteiger partial charge in [-0.3, -0.25) is 52.7 Å². The molecule has 0 aliphatic carbocycles. The van der Waals surface area contributed by atoms with Crippen molar-refractivity contribution in [3.63, 3.8) is 0 Å². The first-order chi connectivity index (χ1) is 59.8. The minimum atomic E-state index is -1.37. The Bertz CT molecular complexity index is 5060. The number of aliphatic carboxylic acids is 1. The molecule has 7 aromatic rings. The number of hydrogen-bond donors (Lipinski definition) is 6. The third-order valence-corrected chi connectivity index (χ3v) is 21.9. The van der Waals surface area contributed by atoms with Crippen LogP contribution in [0.4, 0.5) is 0 Å². The number of esters is 6. The number of carbonyl (C=O) groups excluding carboxylic acids is 14. The smallest absolute Gasteiger partial charge is 0.339 e. The molecule has 4 saturated heterocycles. The number of ketones is 3. The van der Waals surface area contributed by atoms with Gasteiger partial charge in [-0.25, -0.2) is 19.2 Å². The highest BCUT2D eigenvalue weighted by Crippen LogP contribution is 2.34. The standard InChI is InChI=1S/C40H47N3O8.C22H24N2O4.2C18H25NO5/c1-24-11-10-12-25(2)35(24)39(49)50-23-33(44)31(22-34(45)51-40(3,4)5)42-37(47)32-20-19-29-15-8-9-16-30(38(48)43(29)32)41-36(46)28-18-17-26-13-6-7-14-27(26)21-28;25-20(16-10-9-14-5-1-2-6-15(14)13-16)23-18-8-4-3-7-17-11-12-19(22(27)28)24(17)21(18)26;2*1-11-7-6-8-12(2)16(11)17(22)23-10-14(20)13(19)9-15(21)24-18(3,4)5/h6-7,10-14,17-18,21,29-32H,8-9,15-16,19-20,22-23H2,1-5H3,(H,41,46)(H,42,47);1-2,5-6,9-10,13,17-19H,3-4,7-8,11-12H2,(H,23,25)(H,27,28);2*6-8,13H,9-10,19H2,1-5H3/t29-,30-,31-,32-;17-,18-,19-;2*13-/m0000/s1. The molecule has 4 fully saturated rings. The molecule has 7 aromatic carbocycles. The van der Waals surface area contributed by atoms with Crippen LogP contribution in [0.5, 0.6) is 0 Å². The van der Waals surface area contributed by atoms with E-state index in [1.165, 1.54) is 4.90 Å². The largest absolute Gasteiger partial charge is 0.480 e. The van der Waals surface area contributed by atoms with Gasteiger partial charge in [-0.05, 0) is 234 Å². The molecule has 127 heavy (non-hydrogen) atoms. The average Bonchev–Trinajstić information content (AvgIpc) is 1.67. The number of Topliss-reactive ketones (excluding diaryl/α,β-unsaturated/α-hetero) is 3. The normalized spacial score (nSPS) is 18.1. The number of fused-ring (bicyclic) bond motifs is 4. The Balaban J connectivity index is 0.000000224. The number of carboxylic acid groups (broad SMARTS) is 1. The van der Waals surface area contributed by atoms with Crippen LogP contribution in [-0.4, -0.2) is 195 Å². The quantitative estimate of drug-likeness (QED) is 0.0229. The summed E-state index contributed by atoms with van der Waals surface area (Å²) in [6.07, 6.45) is 6.95. The molecule has 5 amide bonds. The van der Waals surface area contributed by atoms with E-state index in [1.54, 1.807) is 163 Å². The Kier molecular flexibility index (Phi) is 35.6. The second kappa shape index (κ2) is 45.2. The molecular weight excluding hydrogens is 1630 g/mol.